The van der Waals surface area contributed by atoms with Crippen LogP contribution in [0.25, 0.3) is 0 Å². The Balaban J connectivity index is 2.52. The number of nitrogens with zero attached hydrogens (tertiary/aromatic N) is 2. The van der Waals surface area contributed by atoms with Gasteiger partial charge in [0.2, 0.25) is 5.91 Å². The molecule has 0 unspecified atom stereocenters. The Morgan fingerprint density at radius 1 is 1.43 bits per heavy atom. The second kappa shape index (κ2) is 8.42. The number of carbonyl (C=O) groups excluding carboxylic acids is 2. The Hall–Kier alpha value is -1.87. The molecule has 0 radical (unpaired) electrons. The summed E-state index contributed by atoms with van der Waals surface area (Å²) in [7, 11) is 3.41. The van der Waals surface area contributed by atoms with Crippen LogP contribution in [-0.2, 0) is 9.53 Å². The molecule has 8 nitrogen and oxygen atoms in total. The number of nitrogens with one attached hydrogen (secondary N) is 2. The molecule has 0 aliphatic heterocycles. The van der Waals surface area contributed by atoms with E-state index in [1.54, 1.807) is 7.11 Å². The summed E-state index contributed by atoms with van der Waals surface area (Å²) < 4.78 is 4.81. The summed E-state index contributed by atoms with van der Waals surface area (Å²) in [6, 6.07) is 0. The molecule has 9 heteroatoms. The smallest absolute Gasteiger partial charge is 0.265 e. The predicted octanol–water partition coefficient (Wildman–Crippen LogP) is -0.326. The molecule has 0 bridgehead atoms. The molecular formula is C12H21N5O3S. The number of hydrogen-bond acceptors (Lipinski definition) is 7. The minimum Gasteiger partial charge on any atom is -0.383 e. The van der Waals surface area contributed by atoms with Crippen molar-refractivity contribution in [1.82, 2.24) is 15.6 Å². The third kappa shape index (κ3) is 5.20. The number of ether oxygens (including phenoxy) is 1. The minimum absolute atomic E-state index is 0.112. The van der Waals surface area contributed by atoms with Gasteiger partial charge in [-0.05, 0) is 6.92 Å². The highest BCUT2D eigenvalue weighted by molar-refractivity contribution is 7.18. The number of nitrogen functional groups attached to an aromatic ring is 1. The van der Waals surface area contributed by atoms with Crippen molar-refractivity contribution in [3.05, 3.63) is 4.88 Å². The number of methoxy groups -OCH3 is 1. The molecule has 0 fully saturated rings. The van der Waals surface area contributed by atoms with Crippen LogP contribution in [0.15, 0.2) is 0 Å². The maximum atomic E-state index is 12.0. The van der Waals surface area contributed by atoms with E-state index < -0.39 is 5.91 Å². The first-order chi connectivity index (χ1) is 9.99. The minimum atomic E-state index is -0.400. The average molecular weight is 315 g/mol. The fraction of sp³-hybridized carbons (Fsp3) is 0.583. The Morgan fingerprint density at radius 2 is 2.14 bits per heavy atom. The van der Waals surface area contributed by atoms with Gasteiger partial charge in [-0.15, -0.1) is 0 Å². The van der Waals surface area contributed by atoms with E-state index in [0.29, 0.717) is 23.2 Å². The van der Waals surface area contributed by atoms with Gasteiger partial charge in [-0.25, -0.2) is 4.98 Å². The molecule has 21 heavy (non-hydrogen) atoms. The van der Waals surface area contributed by atoms with Crippen molar-refractivity contribution in [2.24, 2.45) is 0 Å². The number of amides is 2. The van der Waals surface area contributed by atoms with Gasteiger partial charge in [0, 0.05) is 27.2 Å². The first kappa shape index (κ1) is 17.2. The highest BCUT2D eigenvalue weighted by Crippen LogP contribution is 2.26. The third-order valence-electron chi connectivity index (χ3n) is 2.69. The van der Waals surface area contributed by atoms with Gasteiger partial charge >= 0.3 is 0 Å². The third-order valence-corrected chi connectivity index (χ3v) is 3.87. The molecule has 1 aromatic heterocycles. The number of thiazole rings is 1. The van der Waals surface area contributed by atoms with E-state index in [-0.39, 0.29) is 18.3 Å². The van der Waals surface area contributed by atoms with Gasteiger partial charge < -0.3 is 26.0 Å². The van der Waals surface area contributed by atoms with Gasteiger partial charge in [-0.3, -0.25) is 9.59 Å². The number of rotatable bonds is 8. The zero-order valence-corrected chi connectivity index (χ0v) is 13.2. The number of aromatic nitrogens is 1. The fourth-order valence-electron chi connectivity index (χ4n) is 1.38. The Morgan fingerprint density at radius 3 is 2.76 bits per heavy atom. The summed E-state index contributed by atoms with van der Waals surface area (Å²) >= 11 is 1.20. The van der Waals surface area contributed by atoms with Crippen molar-refractivity contribution in [2.45, 2.75) is 6.92 Å². The van der Waals surface area contributed by atoms with E-state index in [0.717, 1.165) is 6.54 Å². The van der Waals surface area contributed by atoms with E-state index in [9.17, 15) is 9.59 Å². The molecule has 0 aromatic carbocycles. The normalized spacial score (nSPS) is 10.2. The first-order valence-electron chi connectivity index (χ1n) is 6.50. The molecule has 4 N–H and O–H groups in total. The lowest BCUT2D eigenvalue weighted by Gasteiger charge is -2.10. The van der Waals surface area contributed by atoms with Gasteiger partial charge in [0.1, 0.15) is 10.7 Å². The second-order valence-corrected chi connectivity index (χ2v) is 5.23. The van der Waals surface area contributed by atoms with Gasteiger partial charge in [-0.1, -0.05) is 11.3 Å². The van der Waals surface area contributed by atoms with Crippen molar-refractivity contribution >= 4 is 34.1 Å². The second-order valence-electron chi connectivity index (χ2n) is 4.25. The van der Waals surface area contributed by atoms with Crippen molar-refractivity contribution in [2.75, 3.05) is 51.0 Å². The van der Waals surface area contributed by atoms with Crippen LogP contribution in [0.3, 0.4) is 0 Å². The Kier molecular flexibility index (Phi) is 6.89. The van der Waals surface area contributed by atoms with Crippen molar-refractivity contribution in [1.29, 1.82) is 0 Å². The lowest BCUT2D eigenvalue weighted by Crippen LogP contribution is -2.38. The summed E-state index contributed by atoms with van der Waals surface area (Å²) in [5.74, 6) is -0.510. The van der Waals surface area contributed by atoms with Crippen LogP contribution in [0.4, 0.5) is 10.9 Å². The van der Waals surface area contributed by atoms with Gasteiger partial charge in [0.25, 0.3) is 5.91 Å². The molecule has 0 aliphatic carbocycles. The summed E-state index contributed by atoms with van der Waals surface area (Å²) in [6.45, 7) is 3.45. The van der Waals surface area contributed by atoms with E-state index in [4.69, 9.17) is 10.5 Å². The maximum Gasteiger partial charge on any atom is 0.265 e. The average Bonchev–Trinajstić information content (AvgIpc) is 2.86. The predicted molar refractivity (Wildman–Crippen MR) is 82.7 cm³/mol. The molecule has 0 saturated heterocycles. The fourth-order valence-corrected chi connectivity index (χ4v) is 2.30. The van der Waals surface area contributed by atoms with Crippen LogP contribution >= 0.6 is 11.3 Å². The van der Waals surface area contributed by atoms with Crippen LogP contribution in [0.2, 0.25) is 0 Å². The molecule has 1 aromatic rings. The topological polar surface area (TPSA) is 110 Å². The molecule has 1 rings (SSSR count). The van der Waals surface area contributed by atoms with Crippen molar-refractivity contribution in [3.8, 4) is 0 Å². The molecular weight excluding hydrogens is 294 g/mol. The monoisotopic (exact) mass is 315 g/mol. The number of hydrogen-bond donors (Lipinski definition) is 3. The molecule has 2 amide bonds. The van der Waals surface area contributed by atoms with Gasteiger partial charge in [0.15, 0.2) is 5.13 Å². The lowest BCUT2D eigenvalue weighted by atomic mass is 10.4. The summed E-state index contributed by atoms with van der Waals surface area (Å²) in [5, 5.41) is 5.80. The van der Waals surface area contributed by atoms with Crippen LogP contribution in [0.5, 0.6) is 0 Å². The number of nitrogens with two attached hydrogens (primary N) is 1. The van der Waals surface area contributed by atoms with Crippen molar-refractivity contribution < 1.29 is 14.3 Å². The molecule has 0 saturated carbocycles. The molecule has 118 valence electrons. The van der Waals surface area contributed by atoms with Crippen LogP contribution in [0.1, 0.15) is 16.6 Å². The van der Waals surface area contributed by atoms with Gasteiger partial charge in [-0.2, -0.15) is 0 Å². The zero-order valence-electron chi connectivity index (χ0n) is 12.4. The summed E-state index contributed by atoms with van der Waals surface area (Å²) in [6.07, 6.45) is 0. The SMILES string of the molecule is CCN(C)c1nc(N)c(C(=O)NCC(=O)NCCOC)s1. The van der Waals surface area contributed by atoms with E-state index >= 15 is 0 Å². The van der Waals surface area contributed by atoms with Crippen LogP contribution in [-0.4, -0.2) is 57.2 Å². The quantitative estimate of drug-likeness (QED) is 0.567. The van der Waals surface area contributed by atoms with Crippen LogP contribution < -0.4 is 21.3 Å². The Labute approximate surface area is 127 Å². The first-order valence-corrected chi connectivity index (χ1v) is 7.32. The number of anilines is 2. The number of carbonyl (C=O) groups is 2. The molecule has 0 aliphatic rings. The molecule has 0 spiro atoms. The largest absolute Gasteiger partial charge is 0.383 e. The van der Waals surface area contributed by atoms with Crippen LogP contribution in [0, 0.1) is 0 Å². The maximum absolute atomic E-state index is 12.0. The highest BCUT2D eigenvalue weighted by Gasteiger charge is 2.18. The summed E-state index contributed by atoms with van der Waals surface area (Å²) in [4.78, 5) is 29.8. The Bertz CT molecular complexity index is 491. The standard InChI is InChI=1S/C12H21N5O3S/c1-4-17(2)12-16-10(13)9(21-12)11(19)15-7-8(18)14-5-6-20-3/h4-7,13H2,1-3H3,(H,14,18)(H,15,19). The molecule has 1 heterocycles. The van der Waals surface area contributed by atoms with Crippen molar-refractivity contribution in [3.63, 3.8) is 0 Å². The molecule has 0 atom stereocenters. The van der Waals surface area contributed by atoms with E-state index in [1.807, 2.05) is 18.9 Å². The van der Waals surface area contributed by atoms with Gasteiger partial charge in [0.05, 0.1) is 13.2 Å². The lowest BCUT2D eigenvalue weighted by molar-refractivity contribution is -0.120. The van der Waals surface area contributed by atoms with E-state index in [2.05, 4.69) is 15.6 Å². The van der Waals surface area contributed by atoms with E-state index in [1.165, 1.54) is 11.3 Å². The zero-order chi connectivity index (χ0) is 15.8. The summed E-state index contributed by atoms with van der Waals surface area (Å²) in [5.41, 5.74) is 5.73. The highest BCUT2D eigenvalue weighted by atomic mass is 32.1.